The first-order chi connectivity index (χ1) is 13.9. The summed E-state index contributed by atoms with van der Waals surface area (Å²) in [6.45, 7) is 6.11. The van der Waals surface area contributed by atoms with Crippen LogP contribution < -0.4 is 10.6 Å². The molecule has 0 amide bonds. The molecular formula is C25H25N3O. The van der Waals surface area contributed by atoms with Crippen LogP contribution in [-0.4, -0.2) is 5.78 Å². The lowest BCUT2D eigenvalue weighted by Crippen LogP contribution is -2.38. The van der Waals surface area contributed by atoms with Crippen LogP contribution in [0.1, 0.15) is 47.4 Å². The highest BCUT2D eigenvalue weighted by molar-refractivity contribution is 6.01. The first kappa shape index (κ1) is 19.0. The Kier molecular flexibility index (Phi) is 4.76. The van der Waals surface area contributed by atoms with Crippen molar-refractivity contribution >= 4 is 11.5 Å². The summed E-state index contributed by atoms with van der Waals surface area (Å²) in [7, 11) is 0. The molecule has 1 aliphatic heterocycles. The van der Waals surface area contributed by atoms with E-state index < -0.39 is 5.92 Å². The molecule has 0 fully saturated rings. The maximum Gasteiger partial charge on any atom is 0.161 e. The van der Waals surface area contributed by atoms with Gasteiger partial charge in [-0.2, -0.15) is 5.26 Å². The van der Waals surface area contributed by atoms with Crippen molar-refractivity contribution in [2.75, 3.05) is 4.90 Å². The van der Waals surface area contributed by atoms with Gasteiger partial charge in [-0.15, -0.1) is 0 Å². The molecule has 2 N–H and O–H groups in total. The summed E-state index contributed by atoms with van der Waals surface area (Å²) < 4.78 is 0. The first-order valence-electron chi connectivity index (χ1n) is 10.0. The number of anilines is 1. The molecule has 2 aliphatic rings. The van der Waals surface area contributed by atoms with E-state index in [1.807, 2.05) is 62.1 Å². The predicted octanol–water partition coefficient (Wildman–Crippen LogP) is 4.92. The van der Waals surface area contributed by atoms with E-state index in [0.717, 1.165) is 52.1 Å². The van der Waals surface area contributed by atoms with Crippen LogP contribution in [0.4, 0.5) is 5.69 Å². The lowest BCUT2D eigenvalue weighted by molar-refractivity contribution is -0.116. The van der Waals surface area contributed by atoms with Crippen LogP contribution in [0.5, 0.6) is 0 Å². The molecule has 0 saturated heterocycles. The van der Waals surface area contributed by atoms with Crippen LogP contribution in [0.3, 0.4) is 0 Å². The average molecular weight is 383 g/mol. The second kappa shape index (κ2) is 7.25. The second-order valence-corrected chi connectivity index (χ2v) is 8.01. The number of hydrogen-bond donors (Lipinski definition) is 1. The zero-order chi connectivity index (χ0) is 20.7. The molecular weight excluding hydrogens is 358 g/mol. The molecule has 4 nitrogen and oxygen atoms in total. The summed E-state index contributed by atoms with van der Waals surface area (Å²) in [5.41, 5.74) is 14.0. The minimum atomic E-state index is -0.398. The standard InChI is InChI=1S/C25H25N3O/c1-15-7-10-18(11-8-15)28-21-5-4-6-22(29)24(21)23(20(14-26)25(28)27)19-12-9-16(2)13-17(19)3/h7-13,23H,4-6,27H2,1-3H3. The summed E-state index contributed by atoms with van der Waals surface area (Å²) in [6.07, 6.45) is 2.09. The molecule has 146 valence electrons. The molecule has 29 heavy (non-hydrogen) atoms. The topological polar surface area (TPSA) is 70.1 Å². The van der Waals surface area contributed by atoms with Gasteiger partial charge in [0.25, 0.3) is 0 Å². The van der Waals surface area contributed by atoms with E-state index in [4.69, 9.17) is 5.73 Å². The quantitative estimate of drug-likeness (QED) is 0.799. The lowest BCUT2D eigenvalue weighted by atomic mass is 9.74. The fourth-order valence-electron chi connectivity index (χ4n) is 4.54. The molecule has 1 aliphatic carbocycles. The number of allylic oxidation sites excluding steroid dienone is 3. The third kappa shape index (κ3) is 3.13. The zero-order valence-electron chi connectivity index (χ0n) is 17.1. The van der Waals surface area contributed by atoms with Crippen molar-refractivity contribution in [2.24, 2.45) is 5.73 Å². The highest BCUT2D eigenvalue weighted by atomic mass is 16.1. The highest BCUT2D eigenvalue weighted by Crippen LogP contribution is 2.46. The fraction of sp³-hybridized carbons (Fsp3) is 0.280. The Balaban J connectivity index is 1.98. The van der Waals surface area contributed by atoms with Gasteiger partial charge in [0.2, 0.25) is 0 Å². The maximum atomic E-state index is 13.1. The van der Waals surface area contributed by atoms with E-state index >= 15 is 0 Å². The number of benzene rings is 2. The molecule has 2 aromatic carbocycles. The summed E-state index contributed by atoms with van der Waals surface area (Å²) in [5, 5.41) is 10.1. The van der Waals surface area contributed by atoms with Crippen molar-refractivity contribution < 1.29 is 4.79 Å². The van der Waals surface area contributed by atoms with E-state index in [2.05, 4.69) is 12.1 Å². The molecule has 4 rings (SSSR count). The van der Waals surface area contributed by atoms with Crippen molar-refractivity contribution in [1.29, 1.82) is 5.26 Å². The van der Waals surface area contributed by atoms with Gasteiger partial charge >= 0.3 is 0 Å². The summed E-state index contributed by atoms with van der Waals surface area (Å²) in [4.78, 5) is 15.1. The van der Waals surface area contributed by atoms with Gasteiger partial charge in [0, 0.05) is 23.4 Å². The van der Waals surface area contributed by atoms with Gasteiger partial charge in [-0.3, -0.25) is 9.69 Å². The molecule has 0 saturated carbocycles. The van der Waals surface area contributed by atoms with Crippen molar-refractivity contribution in [3.8, 4) is 6.07 Å². The van der Waals surface area contributed by atoms with Crippen LogP contribution in [0, 0.1) is 32.1 Å². The number of carbonyl (C=O) groups excluding carboxylic acids is 1. The molecule has 1 heterocycles. The van der Waals surface area contributed by atoms with Crippen molar-refractivity contribution in [2.45, 2.75) is 46.0 Å². The normalized spacial score (nSPS) is 19.3. The van der Waals surface area contributed by atoms with Gasteiger partial charge < -0.3 is 5.73 Å². The van der Waals surface area contributed by atoms with E-state index in [1.54, 1.807) is 0 Å². The number of nitrogens with zero attached hydrogens (tertiary/aromatic N) is 2. The third-order valence-corrected chi connectivity index (χ3v) is 5.94. The molecule has 0 aromatic heterocycles. The Morgan fingerprint density at radius 1 is 1.03 bits per heavy atom. The number of ketones is 1. The van der Waals surface area contributed by atoms with Gasteiger partial charge in [0.15, 0.2) is 5.78 Å². The largest absolute Gasteiger partial charge is 0.384 e. The van der Waals surface area contributed by atoms with Gasteiger partial charge in [0.1, 0.15) is 5.82 Å². The highest BCUT2D eigenvalue weighted by Gasteiger charge is 2.40. The van der Waals surface area contributed by atoms with Gasteiger partial charge in [-0.25, -0.2) is 0 Å². The molecule has 2 aromatic rings. The third-order valence-electron chi connectivity index (χ3n) is 5.94. The molecule has 1 unspecified atom stereocenters. The smallest absolute Gasteiger partial charge is 0.161 e. The van der Waals surface area contributed by atoms with E-state index in [1.165, 1.54) is 0 Å². The summed E-state index contributed by atoms with van der Waals surface area (Å²) >= 11 is 0. The van der Waals surface area contributed by atoms with Gasteiger partial charge in [-0.05, 0) is 56.9 Å². The lowest BCUT2D eigenvalue weighted by Gasteiger charge is -2.40. The zero-order valence-corrected chi connectivity index (χ0v) is 17.1. The minimum Gasteiger partial charge on any atom is -0.384 e. The van der Waals surface area contributed by atoms with E-state index in [9.17, 15) is 10.1 Å². The van der Waals surface area contributed by atoms with Crippen molar-refractivity contribution in [1.82, 2.24) is 0 Å². The van der Waals surface area contributed by atoms with E-state index in [-0.39, 0.29) is 5.78 Å². The first-order valence-corrected chi connectivity index (χ1v) is 10.0. The van der Waals surface area contributed by atoms with Crippen LogP contribution in [0.2, 0.25) is 0 Å². The number of aryl methyl sites for hydroxylation is 3. The van der Waals surface area contributed by atoms with Crippen LogP contribution >= 0.6 is 0 Å². The van der Waals surface area contributed by atoms with Crippen LogP contribution in [0.25, 0.3) is 0 Å². The average Bonchev–Trinajstić information content (AvgIpc) is 2.69. The number of carbonyl (C=O) groups is 1. The number of rotatable bonds is 2. The monoisotopic (exact) mass is 383 g/mol. The van der Waals surface area contributed by atoms with Crippen LogP contribution in [-0.2, 0) is 4.79 Å². The van der Waals surface area contributed by atoms with Gasteiger partial charge in [-0.1, -0.05) is 41.5 Å². The Morgan fingerprint density at radius 2 is 1.72 bits per heavy atom. The summed E-state index contributed by atoms with van der Waals surface area (Å²) in [5.74, 6) is 0.147. The maximum absolute atomic E-state index is 13.1. The Hall–Kier alpha value is -3.32. The minimum absolute atomic E-state index is 0.119. The summed E-state index contributed by atoms with van der Waals surface area (Å²) in [6, 6.07) is 16.5. The fourth-order valence-corrected chi connectivity index (χ4v) is 4.54. The number of hydrogen-bond acceptors (Lipinski definition) is 4. The predicted molar refractivity (Wildman–Crippen MR) is 115 cm³/mol. The molecule has 1 atom stereocenters. The molecule has 4 heteroatoms. The molecule has 0 spiro atoms. The molecule has 0 radical (unpaired) electrons. The number of Topliss-reactive ketones (excluding diaryl/α,β-unsaturated/α-hetero) is 1. The Labute approximate surface area is 171 Å². The Bertz CT molecular complexity index is 1100. The Morgan fingerprint density at radius 3 is 2.38 bits per heavy atom. The van der Waals surface area contributed by atoms with Crippen molar-refractivity contribution in [3.05, 3.63) is 87.4 Å². The number of nitrogens with two attached hydrogens (primary N) is 1. The van der Waals surface area contributed by atoms with E-state index in [0.29, 0.717) is 17.8 Å². The molecule has 0 bridgehead atoms. The number of nitriles is 1. The second-order valence-electron chi connectivity index (χ2n) is 8.01. The van der Waals surface area contributed by atoms with Gasteiger partial charge in [0.05, 0.1) is 17.6 Å². The van der Waals surface area contributed by atoms with Crippen molar-refractivity contribution in [3.63, 3.8) is 0 Å². The SMILES string of the molecule is Cc1ccc(N2C(N)=C(C#N)C(c3ccc(C)cc3C)C3=C2CCCC3=O)cc1. The van der Waals surface area contributed by atoms with Crippen LogP contribution in [0.15, 0.2) is 65.1 Å².